The van der Waals surface area contributed by atoms with Crippen molar-refractivity contribution in [1.29, 1.82) is 0 Å². The topological polar surface area (TPSA) is 8.17 Å². The highest BCUT2D eigenvalue weighted by Crippen LogP contribution is 2.52. The lowest BCUT2D eigenvalue weighted by Gasteiger charge is -2.30. The molecule has 0 radical (unpaired) electrons. The van der Waals surface area contributed by atoms with E-state index in [1.807, 2.05) is 0 Å². The molecule has 10 aromatic rings. The zero-order valence-electron chi connectivity index (χ0n) is 30.9. The van der Waals surface area contributed by atoms with Crippen molar-refractivity contribution < 1.29 is 0 Å². The van der Waals surface area contributed by atoms with Gasteiger partial charge in [-0.2, -0.15) is 0 Å². The molecule has 1 heterocycles. The summed E-state index contributed by atoms with van der Waals surface area (Å²) in [7, 11) is 0. The summed E-state index contributed by atoms with van der Waals surface area (Å²) in [4.78, 5) is 2.50. The van der Waals surface area contributed by atoms with Crippen LogP contribution in [-0.2, 0) is 5.41 Å². The lowest BCUT2D eigenvalue weighted by molar-refractivity contribution is 0.660. The second-order valence-corrected chi connectivity index (χ2v) is 15.3. The van der Waals surface area contributed by atoms with Gasteiger partial charge < -0.3 is 9.47 Å². The molecule has 55 heavy (non-hydrogen) atoms. The number of hydrogen-bond acceptors (Lipinski definition) is 1. The van der Waals surface area contributed by atoms with E-state index >= 15 is 0 Å². The third-order valence-electron chi connectivity index (χ3n) is 12.0. The van der Waals surface area contributed by atoms with Gasteiger partial charge in [0, 0.05) is 38.5 Å². The monoisotopic (exact) mass is 702 g/mol. The molecule has 0 aliphatic heterocycles. The van der Waals surface area contributed by atoms with Gasteiger partial charge in [0.25, 0.3) is 0 Å². The molecule has 0 atom stereocenters. The largest absolute Gasteiger partial charge is 0.309 e. The van der Waals surface area contributed by atoms with Crippen molar-refractivity contribution in [3.8, 4) is 27.9 Å². The van der Waals surface area contributed by atoms with Crippen LogP contribution in [0.25, 0.3) is 71.3 Å². The highest BCUT2D eigenvalue weighted by molar-refractivity contribution is 6.23. The number of para-hydroxylation sites is 2. The summed E-state index contributed by atoms with van der Waals surface area (Å²) in [6.45, 7) is 4.73. The first-order valence-corrected chi connectivity index (χ1v) is 19.2. The van der Waals surface area contributed by atoms with Crippen LogP contribution in [0.2, 0.25) is 0 Å². The summed E-state index contributed by atoms with van der Waals surface area (Å²) < 4.78 is 2.44. The smallest absolute Gasteiger partial charge is 0.0547 e. The van der Waals surface area contributed by atoms with Crippen molar-refractivity contribution in [2.75, 3.05) is 4.90 Å². The molecule has 0 N–H and O–H groups in total. The van der Waals surface area contributed by atoms with Gasteiger partial charge in [0.1, 0.15) is 0 Å². The van der Waals surface area contributed by atoms with Crippen LogP contribution in [0.5, 0.6) is 0 Å². The molecule has 0 saturated carbocycles. The van der Waals surface area contributed by atoms with Crippen molar-refractivity contribution in [2.24, 2.45) is 0 Å². The molecule has 2 heteroatoms. The minimum absolute atomic E-state index is 0.123. The van der Waals surface area contributed by atoms with Crippen LogP contribution >= 0.6 is 0 Å². The molecule has 0 saturated heterocycles. The third kappa shape index (κ3) is 4.74. The number of anilines is 3. The standard InChI is InChI=1S/C53H38N2/c1-53(2)46-23-11-8-20-41(46)42-30-29-39(34-47(42)53)54(48-24-12-9-19-40(48)36-16-4-3-5-17-36)49-26-14-22-44-43(49)31-32-51-52(44)45-21-10-13-25-50(45)55(51)38-28-27-35-15-6-7-18-37(35)33-38/h3-34H,1-2H3. The molecule has 1 aromatic heterocycles. The minimum Gasteiger partial charge on any atom is -0.309 e. The molecule has 0 amide bonds. The molecule has 11 rings (SSSR count). The summed E-state index contributed by atoms with van der Waals surface area (Å²) in [5.41, 5.74) is 14.7. The number of rotatable bonds is 5. The number of aromatic nitrogens is 1. The summed E-state index contributed by atoms with van der Waals surface area (Å²) in [5.74, 6) is 0. The highest BCUT2D eigenvalue weighted by atomic mass is 15.1. The third-order valence-corrected chi connectivity index (χ3v) is 12.0. The maximum atomic E-state index is 2.50. The Morgan fingerprint density at radius 1 is 0.418 bits per heavy atom. The quantitative estimate of drug-likeness (QED) is 0.173. The van der Waals surface area contributed by atoms with Gasteiger partial charge in [-0.25, -0.2) is 0 Å². The number of nitrogens with zero attached hydrogens (tertiary/aromatic N) is 2. The molecule has 1 aliphatic rings. The Morgan fingerprint density at radius 3 is 2.00 bits per heavy atom. The summed E-state index contributed by atoms with van der Waals surface area (Å²) >= 11 is 0. The Balaban J connectivity index is 1.19. The van der Waals surface area contributed by atoms with E-state index in [4.69, 9.17) is 0 Å². The molecule has 1 aliphatic carbocycles. The van der Waals surface area contributed by atoms with Gasteiger partial charge in [-0.3, -0.25) is 0 Å². The van der Waals surface area contributed by atoms with Crippen LogP contribution in [0.15, 0.2) is 194 Å². The van der Waals surface area contributed by atoms with Gasteiger partial charge in [0.2, 0.25) is 0 Å². The number of hydrogen-bond donors (Lipinski definition) is 0. The molecule has 0 spiro atoms. The van der Waals surface area contributed by atoms with E-state index in [9.17, 15) is 0 Å². The van der Waals surface area contributed by atoms with Gasteiger partial charge in [-0.1, -0.05) is 159 Å². The van der Waals surface area contributed by atoms with Crippen molar-refractivity contribution in [3.63, 3.8) is 0 Å². The Kier molecular flexibility index (Phi) is 6.93. The van der Waals surface area contributed by atoms with Gasteiger partial charge in [0.05, 0.1) is 22.4 Å². The van der Waals surface area contributed by atoms with Crippen molar-refractivity contribution in [3.05, 3.63) is 205 Å². The minimum atomic E-state index is -0.123. The van der Waals surface area contributed by atoms with E-state index in [1.54, 1.807) is 0 Å². The van der Waals surface area contributed by atoms with Crippen LogP contribution in [0.4, 0.5) is 17.1 Å². The average molecular weight is 703 g/mol. The first kappa shape index (κ1) is 31.6. The van der Waals surface area contributed by atoms with Gasteiger partial charge >= 0.3 is 0 Å². The van der Waals surface area contributed by atoms with Crippen molar-refractivity contribution >= 4 is 60.4 Å². The van der Waals surface area contributed by atoms with E-state index in [0.29, 0.717) is 0 Å². The van der Waals surface area contributed by atoms with Gasteiger partial charge in [-0.15, -0.1) is 0 Å². The Morgan fingerprint density at radius 2 is 1.11 bits per heavy atom. The van der Waals surface area contributed by atoms with E-state index in [2.05, 4.69) is 217 Å². The fourth-order valence-electron chi connectivity index (χ4n) is 9.37. The van der Waals surface area contributed by atoms with Crippen molar-refractivity contribution in [2.45, 2.75) is 19.3 Å². The zero-order chi connectivity index (χ0) is 36.7. The van der Waals surface area contributed by atoms with Crippen LogP contribution < -0.4 is 4.90 Å². The Labute approximate surface area is 321 Å². The van der Waals surface area contributed by atoms with Crippen molar-refractivity contribution in [1.82, 2.24) is 4.57 Å². The maximum Gasteiger partial charge on any atom is 0.0547 e. The number of benzene rings is 9. The molecular weight excluding hydrogens is 665 g/mol. The van der Waals surface area contributed by atoms with E-state index < -0.39 is 0 Å². The van der Waals surface area contributed by atoms with Crippen LogP contribution in [0, 0.1) is 0 Å². The molecule has 0 unspecified atom stereocenters. The fourth-order valence-corrected chi connectivity index (χ4v) is 9.37. The lowest BCUT2D eigenvalue weighted by atomic mass is 9.82. The molecule has 2 nitrogen and oxygen atoms in total. The molecule has 9 aromatic carbocycles. The van der Waals surface area contributed by atoms with E-state index in [1.165, 1.54) is 82.4 Å². The summed E-state index contributed by atoms with van der Waals surface area (Å²) in [6.07, 6.45) is 0. The molecule has 0 bridgehead atoms. The SMILES string of the molecule is CC1(C)c2ccccc2-c2ccc(N(c3ccccc3-c3ccccc3)c3cccc4c3ccc3c4c4ccccc4n3-c3ccc4ccccc4c3)cc21. The maximum absolute atomic E-state index is 2.50. The van der Waals surface area contributed by atoms with Crippen LogP contribution in [0.3, 0.4) is 0 Å². The predicted octanol–water partition coefficient (Wildman–Crippen LogP) is 14.5. The first-order chi connectivity index (χ1) is 27.1. The van der Waals surface area contributed by atoms with Crippen LogP contribution in [0.1, 0.15) is 25.0 Å². The first-order valence-electron chi connectivity index (χ1n) is 19.2. The number of fused-ring (bicyclic) bond motifs is 9. The van der Waals surface area contributed by atoms with Crippen LogP contribution in [-0.4, -0.2) is 4.57 Å². The molecule has 0 fully saturated rings. The Hall–Kier alpha value is -6.90. The van der Waals surface area contributed by atoms with Gasteiger partial charge in [-0.05, 0) is 92.5 Å². The van der Waals surface area contributed by atoms with E-state index in [0.717, 1.165) is 17.1 Å². The fraction of sp³-hybridized carbons (Fsp3) is 0.0566. The Bertz CT molecular complexity index is 3130. The average Bonchev–Trinajstić information content (AvgIpc) is 3.70. The second kappa shape index (κ2) is 12.1. The predicted molar refractivity (Wildman–Crippen MR) is 233 cm³/mol. The van der Waals surface area contributed by atoms with Gasteiger partial charge in [0.15, 0.2) is 0 Å². The summed E-state index contributed by atoms with van der Waals surface area (Å²) in [5, 5.41) is 7.45. The second-order valence-electron chi connectivity index (χ2n) is 15.3. The summed E-state index contributed by atoms with van der Waals surface area (Å²) in [6, 6.07) is 71.5. The van der Waals surface area contributed by atoms with E-state index in [-0.39, 0.29) is 5.41 Å². The highest BCUT2D eigenvalue weighted by Gasteiger charge is 2.36. The zero-order valence-corrected chi connectivity index (χ0v) is 30.9. The lowest BCUT2D eigenvalue weighted by Crippen LogP contribution is -2.17. The normalized spacial score (nSPS) is 13.1. The molecular formula is C53H38N2. The molecule has 260 valence electrons.